The smallest absolute Gasteiger partial charge is 0.330 e. The SMILES string of the molecule is C=CC(=O)OCCCOc1ccc(OC(=O)C2CCC(COc3ccc(C4CCC(C5CCC(CCC)CC5)CC4)cc3/C=N/N(CCOCCOC)c3nc4ccccc4s3)CC2)cc1. The molecule has 0 saturated heterocycles. The summed E-state index contributed by atoms with van der Waals surface area (Å²) in [5.74, 6) is 4.75. The van der Waals surface area contributed by atoms with Crippen molar-refractivity contribution in [1.82, 2.24) is 4.98 Å². The highest BCUT2D eigenvalue weighted by atomic mass is 32.1. The Morgan fingerprint density at radius 3 is 2.26 bits per heavy atom. The van der Waals surface area contributed by atoms with Gasteiger partial charge in [0.15, 0.2) is 0 Å². The van der Waals surface area contributed by atoms with Crippen molar-refractivity contribution < 1.29 is 38.0 Å². The van der Waals surface area contributed by atoms with E-state index in [-0.39, 0.29) is 18.5 Å². The maximum Gasteiger partial charge on any atom is 0.330 e. The zero-order chi connectivity index (χ0) is 45.9. The molecule has 3 fully saturated rings. The molecular formula is C54H71N3O8S. The van der Waals surface area contributed by atoms with Crippen molar-refractivity contribution in [2.45, 2.75) is 109 Å². The number of aromatic nitrogens is 1. The first kappa shape index (κ1) is 49.1. The molecule has 0 unspecified atom stereocenters. The first-order valence-corrected chi connectivity index (χ1v) is 25.4. The molecule has 7 rings (SSSR count). The number of esters is 2. The molecule has 0 aliphatic heterocycles. The molecule has 3 aliphatic carbocycles. The van der Waals surface area contributed by atoms with Crippen molar-refractivity contribution in [3.8, 4) is 17.2 Å². The van der Waals surface area contributed by atoms with Gasteiger partial charge in [0.05, 0.1) is 68.5 Å². The summed E-state index contributed by atoms with van der Waals surface area (Å²) >= 11 is 1.63. The number of hydrogen-bond donors (Lipinski definition) is 0. The Bertz CT molecular complexity index is 2100. The van der Waals surface area contributed by atoms with E-state index in [1.807, 2.05) is 29.4 Å². The molecule has 0 spiro atoms. The highest BCUT2D eigenvalue weighted by Crippen LogP contribution is 2.45. The topological polar surface area (TPSA) is 118 Å². The molecule has 12 heteroatoms. The van der Waals surface area contributed by atoms with Crippen LogP contribution in [0.5, 0.6) is 17.2 Å². The van der Waals surface area contributed by atoms with E-state index < -0.39 is 5.97 Å². The lowest BCUT2D eigenvalue weighted by Crippen LogP contribution is -2.27. The van der Waals surface area contributed by atoms with E-state index in [0.717, 1.165) is 76.2 Å². The maximum atomic E-state index is 13.2. The number of nitrogens with zero attached hydrogens (tertiary/aromatic N) is 3. The summed E-state index contributed by atoms with van der Waals surface area (Å²) in [5.41, 5.74) is 3.29. The van der Waals surface area contributed by atoms with Crippen LogP contribution in [0.15, 0.2) is 84.5 Å². The van der Waals surface area contributed by atoms with Crippen molar-refractivity contribution in [1.29, 1.82) is 0 Å². The van der Waals surface area contributed by atoms with Gasteiger partial charge in [-0.2, -0.15) is 5.10 Å². The largest absolute Gasteiger partial charge is 0.493 e. The molecule has 3 aliphatic rings. The minimum atomic E-state index is -0.447. The van der Waals surface area contributed by atoms with Crippen LogP contribution in [-0.2, 0) is 23.8 Å². The second-order valence-electron chi connectivity index (χ2n) is 18.4. The van der Waals surface area contributed by atoms with Gasteiger partial charge in [-0.25, -0.2) is 14.8 Å². The van der Waals surface area contributed by atoms with Gasteiger partial charge in [0.25, 0.3) is 0 Å². The molecule has 3 aromatic carbocycles. The van der Waals surface area contributed by atoms with Gasteiger partial charge in [0.2, 0.25) is 5.13 Å². The van der Waals surface area contributed by atoms with Gasteiger partial charge >= 0.3 is 11.9 Å². The van der Waals surface area contributed by atoms with E-state index in [1.54, 1.807) is 42.7 Å². The normalized spacial score (nSPS) is 22.2. The number of carbonyl (C=O) groups excluding carboxylic acids is 2. The lowest BCUT2D eigenvalue weighted by atomic mass is 9.68. The molecule has 4 aromatic rings. The predicted molar refractivity (Wildman–Crippen MR) is 263 cm³/mol. The Morgan fingerprint density at radius 2 is 1.53 bits per heavy atom. The van der Waals surface area contributed by atoms with Crippen LogP contribution >= 0.6 is 11.3 Å². The monoisotopic (exact) mass is 921 g/mol. The predicted octanol–water partition coefficient (Wildman–Crippen LogP) is 12.0. The fourth-order valence-electron chi connectivity index (χ4n) is 10.1. The summed E-state index contributed by atoms with van der Waals surface area (Å²) in [6.07, 6.45) is 20.5. The molecule has 11 nitrogen and oxygen atoms in total. The van der Waals surface area contributed by atoms with Crippen LogP contribution in [-0.4, -0.2) is 76.4 Å². The number of para-hydroxylation sites is 1. The molecule has 1 heterocycles. The number of carbonyl (C=O) groups is 2. The van der Waals surface area contributed by atoms with Crippen LogP contribution in [0.4, 0.5) is 5.13 Å². The average Bonchev–Trinajstić information content (AvgIpc) is 3.79. The fraction of sp³-hybridized carbons (Fsp3) is 0.556. The minimum Gasteiger partial charge on any atom is -0.493 e. The van der Waals surface area contributed by atoms with Gasteiger partial charge in [-0.15, -0.1) is 0 Å². The minimum absolute atomic E-state index is 0.157. The molecule has 0 radical (unpaired) electrons. The van der Waals surface area contributed by atoms with Crippen molar-refractivity contribution >= 4 is 44.8 Å². The molecule has 0 amide bonds. The van der Waals surface area contributed by atoms with E-state index in [1.165, 1.54) is 69.8 Å². The zero-order valence-corrected chi connectivity index (χ0v) is 40.1. The summed E-state index contributed by atoms with van der Waals surface area (Å²) in [7, 11) is 1.68. The lowest BCUT2D eigenvalue weighted by Gasteiger charge is -2.38. The highest BCUT2D eigenvalue weighted by molar-refractivity contribution is 7.22. The zero-order valence-electron chi connectivity index (χ0n) is 39.2. The molecule has 3 saturated carbocycles. The maximum absolute atomic E-state index is 13.2. The van der Waals surface area contributed by atoms with E-state index in [2.05, 4.69) is 37.8 Å². The van der Waals surface area contributed by atoms with E-state index >= 15 is 0 Å². The van der Waals surface area contributed by atoms with Gasteiger partial charge in [-0.3, -0.25) is 4.79 Å². The Kier molecular flexibility index (Phi) is 19.3. The molecule has 0 atom stereocenters. The summed E-state index contributed by atoms with van der Waals surface area (Å²) in [4.78, 5) is 29.4. The van der Waals surface area contributed by atoms with Crippen LogP contribution in [0, 0.1) is 29.6 Å². The molecule has 0 N–H and O–H groups in total. The third-order valence-electron chi connectivity index (χ3n) is 13.9. The number of thiazole rings is 1. The van der Waals surface area contributed by atoms with Gasteiger partial charge in [-0.1, -0.05) is 68.7 Å². The number of hydrazone groups is 1. The van der Waals surface area contributed by atoms with Gasteiger partial charge in [-0.05, 0) is 148 Å². The van der Waals surface area contributed by atoms with Crippen molar-refractivity contribution in [2.75, 3.05) is 58.3 Å². The van der Waals surface area contributed by atoms with Crippen LogP contribution in [0.3, 0.4) is 0 Å². The van der Waals surface area contributed by atoms with Crippen molar-refractivity contribution in [2.24, 2.45) is 34.7 Å². The number of anilines is 1. The summed E-state index contributed by atoms with van der Waals surface area (Å²) in [6.45, 7) is 9.04. The van der Waals surface area contributed by atoms with Crippen LogP contribution in [0.2, 0.25) is 0 Å². The molecule has 356 valence electrons. The highest BCUT2D eigenvalue weighted by Gasteiger charge is 2.32. The second-order valence-corrected chi connectivity index (χ2v) is 19.4. The van der Waals surface area contributed by atoms with Crippen LogP contribution in [0.25, 0.3) is 10.2 Å². The Hall–Kier alpha value is -4.78. The molecule has 0 bridgehead atoms. The van der Waals surface area contributed by atoms with Crippen LogP contribution < -0.4 is 19.2 Å². The first-order chi connectivity index (χ1) is 32.4. The number of ether oxygens (including phenoxy) is 6. The van der Waals surface area contributed by atoms with Crippen molar-refractivity contribution in [3.63, 3.8) is 0 Å². The standard InChI is InChI=1S/C54H71N3O8S/c1-4-9-39-12-16-41(17-13-39)42-20-22-43(23-21-42)45-24-29-50(46(36-45)37-55-57(30-33-61-35-34-60-3)54-56-49-10-6-7-11-51(49)66-54)64-38-40-14-18-44(19-15-40)53(59)65-48-27-25-47(26-28-48)62-31-8-32-63-52(58)5-2/h5-7,10-11,24-29,36-37,39-44H,2,4,8-9,12-23,30-35,38H2,1,3H3/b55-37+. The van der Waals surface area contributed by atoms with Gasteiger partial charge in [0.1, 0.15) is 17.2 Å². The average molecular weight is 922 g/mol. The summed E-state index contributed by atoms with van der Waals surface area (Å²) in [6, 6.07) is 22.0. The van der Waals surface area contributed by atoms with E-state index in [4.69, 9.17) is 38.5 Å². The molecular weight excluding hydrogens is 851 g/mol. The number of rotatable bonds is 24. The quantitative estimate of drug-likeness (QED) is 0.0168. The van der Waals surface area contributed by atoms with Gasteiger partial charge < -0.3 is 28.4 Å². The fourth-order valence-corrected chi connectivity index (χ4v) is 11.0. The van der Waals surface area contributed by atoms with E-state index in [9.17, 15) is 9.59 Å². The Labute approximate surface area is 396 Å². The Morgan fingerprint density at radius 1 is 0.803 bits per heavy atom. The van der Waals surface area contributed by atoms with E-state index in [0.29, 0.717) is 69.3 Å². The number of methoxy groups -OCH3 is 1. The molecule has 66 heavy (non-hydrogen) atoms. The summed E-state index contributed by atoms with van der Waals surface area (Å²) < 4.78 is 35.4. The lowest BCUT2D eigenvalue weighted by molar-refractivity contribution is -0.140. The Balaban J connectivity index is 0.968. The number of fused-ring (bicyclic) bond motifs is 1. The summed E-state index contributed by atoms with van der Waals surface area (Å²) in [5, 5.41) is 7.87. The molecule has 1 aromatic heterocycles. The number of hydrogen-bond acceptors (Lipinski definition) is 12. The van der Waals surface area contributed by atoms with Gasteiger partial charge in [0, 0.05) is 25.2 Å². The third-order valence-corrected chi connectivity index (χ3v) is 15.0. The van der Waals surface area contributed by atoms with Crippen molar-refractivity contribution in [3.05, 3.63) is 90.5 Å². The first-order valence-electron chi connectivity index (χ1n) is 24.6. The third kappa shape index (κ3) is 14.6. The second kappa shape index (κ2) is 25.9. The van der Waals surface area contributed by atoms with Crippen LogP contribution in [0.1, 0.15) is 120 Å². The number of benzene rings is 3.